The predicted molar refractivity (Wildman–Crippen MR) is 234 cm³/mol. The van der Waals surface area contributed by atoms with Gasteiger partial charge in [0, 0.05) is 37.5 Å². The predicted octanol–water partition coefficient (Wildman–Crippen LogP) is 14.5. The highest BCUT2D eigenvalue weighted by Crippen LogP contribution is 2.49. The summed E-state index contributed by atoms with van der Waals surface area (Å²) in [6, 6.07) is 38.1. The first kappa shape index (κ1) is 37.8. The summed E-state index contributed by atoms with van der Waals surface area (Å²) in [7, 11) is -1.67. The van der Waals surface area contributed by atoms with Crippen LogP contribution in [0.15, 0.2) is 96.1 Å². The van der Waals surface area contributed by atoms with Crippen LogP contribution in [0, 0.1) is 0 Å². The molecule has 3 heteroatoms. The van der Waals surface area contributed by atoms with Gasteiger partial charge in [0.25, 0.3) is 0 Å². The normalized spacial score (nSPS) is 17.6. The van der Waals surface area contributed by atoms with E-state index in [0.29, 0.717) is 11.8 Å². The molecular formula is C48H62Si3. The van der Waals surface area contributed by atoms with Crippen LogP contribution in [-0.4, -0.2) is 25.7 Å². The highest BCUT2D eigenvalue weighted by Gasteiger charge is 2.33. The smallest absolute Gasteiger partial charge is 0.0483 e. The van der Waals surface area contributed by atoms with Gasteiger partial charge >= 0.3 is 0 Å². The minimum atomic E-state index is -1.30. The fourth-order valence-electron chi connectivity index (χ4n) is 8.30. The lowest BCUT2D eigenvalue weighted by atomic mass is 9.85. The topological polar surface area (TPSA) is 0 Å². The van der Waals surface area contributed by atoms with Gasteiger partial charge in [-0.1, -0.05) is 201 Å². The van der Waals surface area contributed by atoms with Gasteiger partial charge in [0.05, 0.1) is 0 Å². The SMILES string of the molecule is CC(C)(C)c1ccc(-c2cccc3c2C=C(C[Si](C)(C)C)C3C[Si]CC2C(C[Si](C)(C)C)=Cc3c(-c4ccc(C(C)(C)C)cc4)cccc32)cc1. The second kappa shape index (κ2) is 14.1. The van der Waals surface area contributed by atoms with Crippen LogP contribution in [0.1, 0.15) is 86.8 Å². The van der Waals surface area contributed by atoms with Crippen LogP contribution in [0.2, 0.25) is 63.5 Å². The number of benzene rings is 4. The Labute approximate surface area is 315 Å². The summed E-state index contributed by atoms with van der Waals surface area (Å²) >= 11 is 0. The van der Waals surface area contributed by atoms with Crippen molar-refractivity contribution in [3.8, 4) is 22.3 Å². The molecule has 4 aromatic rings. The number of hydrogen-bond donors (Lipinski definition) is 0. The third-order valence-electron chi connectivity index (χ3n) is 10.9. The van der Waals surface area contributed by atoms with Crippen LogP contribution in [-0.2, 0) is 10.8 Å². The van der Waals surface area contributed by atoms with Crippen molar-refractivity contribution in [2.75, 3.05) is 0 Å². The van der Waals surface area contributed by atoms with E-state index in [0.717, 1.165) is 9.52 Å². The lowest BCUT2D eigenvalue weighted by molar-refractivity contribution is 0.590. The van der Waals surface area contributed by atoms with E-state index in [4.69, 9.17) is 0 Å². The zero-order valence-corrected chi connectivity index (χ0v) is 36.7. The van der Waals surface area contributed by atoms with Gasteiger partial charge in [0.2, 0.25) is 0 Å². The average Bonchev–Trinajstić information content (AvgIpc) is 3.55. The van der Waals surface area contributed by atoms with Crippen molar-refractivity contribution in [2.24, 2.45) is 0 Å². The molecule has 2 atom stereocenters. The van der Waals surface area contributed by atoms with Gasteiger partial charge in [-0.3, -0.25) is 0 Å². The highest BCUT2D eigenvalue weighted by molar-refractivity contribution is 6.77. The quantitative estimate of drug-likeness (QED) is 0.143. The second-order valence-electron chi connectivity index (χ2n) is 19.9. The summed E-state index contributed by atoms with van der Waals surface area (Å²) in [4.78, 5) is 0. The Morgan fingerprint density at radius 3 is 1.16 bits per heavy atom. The molecule has 0 nitrogen and oxygen atoms in total. The van der Waals surface area contributed by atoms with E-state index in [1.807, 2.05) is 0 Å². The van der Waals surface area contributed by atoms with Crippen LogP contribution >= 0.6 is 0 Å². The van der Waals surface area contributed by atoms with Gasteiger partial charge in [0.15, 0.2) is 0 Å². The Morgan fingerprint density at radius 2 is 0.843 bits per heavy atom. The standard InChI is InChI=1S/C48H62Si3/c1-47(2,3)37-23-19-33(20-24-37)39-15-13-17-41-43(39)27-35(31-50(7,8)9)45(41)29-49-30-46-36(32-51(10,11)12)28-44-40(16-14-18-42(44)46)34-21-25-38(26-22-34)48(4,5)6/h13-28,45-46H,29-32H2,1-12H3. The number of rotatable bonds is 10. The number of hydrogen-bond acceptors (Lipinski definition) is 0. The monoisotopic (exact) mass is 722 g/mol. The van der Waals surface area contributed by atoms with Gasteiger partial charge in [-0.2, -0.15) is 0 Å². The largest absolute Gasteiger partial charge is 0.0693 e. The summed E-state index contributed by atoms with van der Waals surface area (Å²) in [6.07, 6.45) is 5.24. The molecule has 0 N–H and O–H groups in total. The highest BCUT2D eigenvalue weighted by atomic mass is 28.3. The maximum absolute atomic E-state index is 2.62. The van der Waals surface area contributed by atoms with E-state index < -0.39 is 16.1 Å². The molecule has 0 aromatic heterocycles. The summed E-state index contributed by atoms with van der Waals surface area (Å²) in [5, 5.41) is 0. The lowest BCUT2D eigenvalue weighted by Crippen LogP contribution is -2.22. The first-order valence-electron chi connectivity index (χ1n) is 19.4. The van der Waals surface area contributed by atoms with Gasteiger partial charge in [0.1, 0.15) is 0 Å². The van der Waals surface area contributed by atoms with E-state index >= 15 is 0 Å². The van der Waals surface area contributed by atoms with E-state index in [2.05, 4.69) is 178 Å². The van der Waals surface area contributed by atoms with Gasteiger partial charge in [-0.15, -0.1) is 0 Å². The minimum Gasteiger partial charge on any atom is -0.0693 e. The Kier molecular flexibility index (Phi) is 10.4. The van der Waals surface area contributed by atoms with Crippen molar-refractivity contribution in [2.45, 2.75) is 128 Å². The third-order valence-corrected chi connectivity index (χ3v) is 15.2. The summed E-state index contributed by atoms with van der Waals surface area (Å²) in [5.41, 5.74) is 18.1. The fraction of sp³-hybridized carbons (Fsp3) is 0.417. The lowest BCUT2D eigenvalue weighted by Gasteiger charge is -2.25. The van der Waals surface area contributed by atoms with Gasteiger partial charge in [-0.05, 0) is 78.6 Å². The number of allylic oxidation sites excluding steroid dienone is 2. The molecule has 266 valence electrons. The maximum Gasteiger partial charge on any atom is 0.0483 e. The Morgan fingerprint density at radius 1 is 0.490 bits per heavy atom. The number of fused-ring (bicyclic) bond motifs is 2. The molecule has 0 bridgehead atoms. The van der Waals surface area contributed by atoms with Crippen molar-refractivity contribution in [3.05, 3.63) is 129 Å². The molecule has 0 saturated heterocycles. The zero-order chi connectivity index (χ0) is 36.9. The Balaban J connectivity index is 1.29. The van der Waals surface area contributed by atoms with Gasteiger partial charge < -0.3 is 0 Å². The van der Waals surface area contributed by atoms with Crippen LogP contribution in [0.25, 0.3) is 34.4 Å². The molecule has 0 heterocycles. The minimum absolute atomic E-state index is 0.164. The molecule has 6 rings (SSSR count). The van der Waals surface area contributed by atoms with Crippen LogP contribution < -0.4 is 0 Å². The van der Waals surface area contributed by atoms with E-state index in [1.165, 1.54) is 68.7 Å². The van der Waals surface area contributed by atoms with Crippen molar-refractivity contribution in [1.82, 2.24) is 0 Å². The third kappa shape index (κ3) is 8.64. The van der Waals surface area contributed by atoms with Crippen LogP contribution in [0.3, 0.4) is 0 Å². The van der Waals surface area contributed by atoms with Gasteiger partial charge in [-0.25, -0.2) is 0 Å². The van der Waals surface area contributed by atoms with Crippen molar-refractivity contribution < 1.29 is 0 Å². The summed E-state index contributed by atoms with van der Waals surface area (Å²) < 4.78 is 0. The molecule has 2 unspecified atom stereocenters. The molecule has 2 radical (unpaired) electrons. The molecule has 2 aliphatic rings. The molecule has 0 spiro atoms. The summed E-state index contributed by atoms with van der Waals surface area (Å²) in [5.74, 6) is 1.08. The van der Waals surface area contributed by atoms with Crippen LogP contribution in [0.5, 0.6) is 0 Å². The molecule has 51 heavy (non-hydrogen) atoms. The summed E-state index contributed by atoms with van der Waals surface area (Å²) in [6.45, 7) is 29.1. The second-order valence-corrected chi connectivity index (χ2v) is 32.2. The first-order valence-corrected chi connectivity index (χ1v) is 28.2. The van der Waals surface area contributed by atoms with Crippen molar-refractivity contribution >= 4 is 37.8 Å². The van der Waals surface area contributed by atoms with Crippen molar-refractivity contribution in [3.63, 3.8) is 0 Å². The molecule has 2 aliphatic carbocycles. The molecule has 0 amide bonds. The molecule has 0 fully saturated rings. The van der Waals surface area contributed by atoms with Crippen molar-refractivity contribution in [1.29, 1.82) is 0 Å². The first-order chi connectivity index (χ1) is 23.8. The van der Waals surface area contributed by atoms with E-state index in [9.17, 15) is 0 Å². The molecule has 4 aromatic carbocycles. The Bertz CT molecular complexity index is 1790. The molecule has 0 saturated carbocycles. The molecule has 0 aliphatic heterocycles. The van der Waals surface area contributed by atoms with E-state index in [-0.39, 0.29) is 10.8 Å². The van der Waals surface area contributed by atoms with Crippen LogP contribution in [0.4, 0.5) is 0 Å². The average molecular weight is 723 g/mol. The van der Waals surface area contributed by atoms with E-state index in [1.54, 1.807) is 22.3 Å². The maximum atomic E-state index is 2.62. The fourth-order valence-corrected chi connectivity index (χ4v) is 13.2. The molecular weight excluding hydrogens is 661 g/mol. The Hall–Kier alpha value is -2.99. The zero-order valence-electron chi connectivity index (χ0n) is 33.7.